The second kappa shape index (κ2) is 7.17. The van der Waals surface area contributed by atoms with Crippen LogP contribution in [-0.4, -0.2) is 44.2 Å². The van der Waals surface area contributed by atoms with Crippen molar-refractivity contribution in [2.24, 2.45) is 14.1 Å². The Bertz CT molecular complexity index is 1530. The molecule has 5 aromatic rings. The van der Waals surface area contributed by atoms with Gasteiger partial charge in [0.2, 0.25) is 5.65 Å². The number of hydrogen-bond acceptors (Lipinski definition) is 8. The fraction of sp³-hybridized carbons (Fsp3) is 0.286. The molecule has 0 spiro atoms. The maximum atomic E-state index is 13.2. The van der Waals surface area contributed by atoms with Crippen LogP contribution < -0.4 is 5.73 Å². The number of anilines is 1. The first-order valence-corrected chi connectivity index (χ1v) is 12.3. The van der Waals surface area contributed by atoms with Gasteiger partial charge in [-0.2, -0.15) is 15.0 Å². The highest BCUT2D eigenvalue weighted by atomic mass is 32.2. The lowest BCUT2D eigenvalue weighted by Gasteiger charge is -2.23. The van der Waals surface area contributed by atoms with E-state index in [0.29, 0.717) is 16.9 Å². The molecule has 2 N–H and O–H groups in total. The Hall–Kier alpha value is -3.18. The molecule has 1 aliphatic carbocycles. The molecule has 32 heavy (non-hydrogen) atoms. The molecule has 1 aliphatic rings. The molecular formula is C21H20N8OS2. The van der Waals surface area contributed by atoms with Crippen molar-refractivity contribution >= 4 is 49.2 Å². The second-order valence-corrected chi connectivity index (χ2v) is 10.9. The molecule has 5 aromatic heterocycles. The molecule has 0 aromatic carbocycles. The molecule has 0 amide bonds. The third-order valence-electron chi connectivity index (χ3n) is 5.93. The van der Waals surface area contributed by atoms with E-state index in [1.54, 1.807) is 19.4 Å². The van der Waals surface area contributed by atoms with Gasteiger partial charge in [-0.3, -0.25) is 8.89 Å². The standard InChI is InChI=1S/C21H20N8OS2/c1-28-16(6-7-24-28)13-9-14(11-8-15-19(23-10-11)27-29(2)26-15)25-20-17(13)18(22)21(31-20)32(30)12-4-3-5-12/h6-10,12H,3-5,22H2,1-2H3. The molecule has 1 saturated carbocycles. The predicted octanol–water partition coefficient (Wildman–Crippen LogP) is 3.28. The lowest BCUT2D eigenvalue weighted by molar-refractivity contribution is 0.505. The average Bonchev–Trinajstić information content (AvgIpc) is 3.41. The number of thiophene rings is 1. The summed E-state index contributed by atoms with van der Waals surface area (Å²) < 4.78 is 15.7. The van der Waals surface area contributed by atoms with Crippen molar-refractivity contribution in [3.8, 4) is 22.5 Å². The molecule has 6 rings (SSSR count). The van der Waals surface area contributed by atoms with Crippen LogP contribution in [0.2, 0.25) is 0 Å². The van der Waals surface area contributed by atoms with E-state index in [4.69, 9.17) is 10.7 Å². The third-order valence-corrected chi connectivity index (χ3v) is 9.23. The number of aromatic nitrogens is 7. The second-order valence-electron chi connectivity index (χ2n) is 7.98. The summed E-state index contributed by atoms with van der Waals surface area (Å²) in [6, 6.07) is 5.88. The van der Waals surface area contributed by atoms with Crippen molar-refractivity contribution < 1.29 is 4.21 Å². The molecule has 0 bridgehead atoms. The lowest BCUT2D eigenvalue weighted by Crippen LogP contribution is -2.23. The minimum absolute atomic E-state index is 0.188. The van der Waals surface area contributed by atoms with Crippen LogP contribution in [0.3, 0.4) is 0 Å². The molecule has 1 unspecified atom stereocenters. The zero-order chi connectivity index (χ0) is 22.0. The van der Waals surface area contributed by atoms with E-state index in [2.05, 4.69) is 20.3 Å². The minimum atomic E-state index is -1.12. The van der Waals surface area contributed by atoms with Crippen molar-refractivity contribution in [1.29, 1.82) is 0 Å². The summed E-state index contributed by atoms with van der Waals surface area (Å²) in [7, 11) is 2.55. The Morgan fingerprint density at radius 2 is 2.06 bits per heavy atom. The van der Waals surface area contributed by atoms with Crippen LogP contribution in [0.5, 0.6) is 0 Å². The van der Waals surface area contributed by atoms with E-state index in [1.165, 1.54) is 16.1 Å². The third kappa shape index (κ3) is 2.95. The summed E-state index contributed by atoms with van der Waals surface area (Å²) in [5, 5.41) is 14.0. The molecule has 11 heteroatoms. The number of nitrogens with zero attached hydrogens (tertiary/aromatic N) is 7. The Morgan fingerprint density at radius 3 is 2.78 bits per heavy atom. The van der Waals surface area contributed by atoms with Gasteiger partial charge in [-0.15, -0.1) is 16.4 Å². The fourth-order valence-corrected chi connectivity index (χ4v) is 7.24. The van der Waals surface area contributed by atoms with Gasteiger partial charge in [0, 0.05) is 48.3 Å². The molecule has 1 atom stereocenters. The SMILES string of the molecule is Cn1nc2cc(-c3cc(-c4ccnn4C)c4c(N)c(S(=O)C5CCC5)sc4n3)cnc2n1. The van der Waals surface area contributed by atoms with Crippen LogP contribution in [0.1, 0.15) is 19.3 Å². The van der Waals surface area contributed by atoms with Gasteiger partial charge in [0.05, 0.1) is 27.9 Å². The molecule has 0 aliphatic heterocycles. The fourth-order valence-electron chi connectivity index (χ4n) is 4.03. The lowest BCUT2D eigenvalue weighted by atomic mass is 10.0. The molecule has 162 valence electrons. The van der Waals surface area contributed by atoms with Gasteiger partial charge in [-0.25, -0.2) is 9.97 Å². The Kier molecular flexibility index (Phi) is 4.37. The zero-order valence-electron chi connectivity index (χ0n) is 17.5. The van der Waals surface area contributed by atoms with Crippen LogP contribution >= 0.6 is 11.3 Å². The Balaban J connectivity index is 1.59. The summed E-state index contributed by atoms with van der Waals surface area (Å²) >= 11 is 1.43. The molecule has 0 saturated heterocycles. The minimum Gasteiger partial charge on any atom is -0.396 e. The number of nitrogens with two attached hydrogens (primary N) is 1. The Morgan fingerprint density at radius 1 is 1.22 bits per heavy atom. The molecule has 9 nitrogen and oxygen atoms in total. The van der Waals surface area contributed by atoms with Crippen LogP contribution in [0.4, 0.5) is 5.69 Å². The highest BCUT2D eigenvalue weighted by molar-refractivity contribution is 7.88. The number of aryl methyl sites for hydroxylation is 2. The van der Waals surface area contributed by atoms with Crippen molar-refractivity contribution in [2.45, 2.75) is 28.7 Å². The quantitative estimate of drug-likeness (QED) is 0.434. The number of nitrogen functional groups attached to an aromatic ring is 1. The van der Waals surface area contributed by atoms with E-state index < -0.39 is 10.8 Å². The van der Waals surface area contributed by atoms with E-state index in [9.17, 15) is 4.21 Å². The summed E-state index contributed by atoms with van der Waals surface area (Å²) in [4.78, 5) is 11.6. The van der Waals surface area contributed by atoms with Gasteiger partial charge < -0.3 is 5.73 Å². The highest BCUT2D eigenvalue weighted by Crippen LogP contribution is 2.44. The summed E-state index contributed by atoms with van der Waals surface area (Å²) in [6.07, 6.45) is 6.60. The first-order chi connectivity index (χ1) is 15.5. The molecule has 0 radical (unpaired) electrons. The highest BCUT2D eigenvalue weighted by Gasteiger charge is 2.30. The van der Waals surface area contributed by atoms with Gasteiger partial charge in [0.1, 0.15) is 14.6 Å². The molecule has 1 fully saturated rings. The normalized spacial score (nSPS) is 15.4. The number of hydrogen-bond donors (Lipinski definition) is 1. The maximum Gasteiger partial charge on any atom is 0.201 e. The summed E-state index contributed by atoms with van der Waals surface area (Å²) in [5.41, 5.74) is 11.8. The van der Waals surface area contributed by atoms with Crippen molar-refractivity contribution in [2.75, 3.05) is 5.73 Å². The molecule has 5 heterocycles. The molecular weight excluding hydrogens is 444 g/mol. The van der Waals surface area contributed by atoms with Crippen LogP contribution in [0.25, 0.3) is 43.9 Å². The van der Waals surface area contributed by atoms with Gasteiger partial charge in [0.15, 0.2) is 0 Å². The van der Waals surface area contributed by atoms with Gasteiger partial charge >= 0.3 is 0 Å². The topological polar surface area (TPSA) is 117 Å². The summed E-state index contributed by atoms with van der Waals surface area (Å²) in [6.45, 7) is 0. The van der Waals surface area contributed by atoms with E-state index >= 15 is 0 Å². The van der Waals surface area contributed by atoms with Gasteiger partial charge in [-0.1, -0.05) is 6.42 Å². The van der Waals surface area contributed by atoms with Crippen molar-refractivity contribution in [3.63, 3.8) is 0 Å². The van der Waals surface area contributed by atoms with E-state index in [0.717, 1.165) is 56.2 Å². The first-order valence-electron chi connectivity index (χ1n) is 10.3. The van der Waals surface area contributed by atoms with Crippen LogP contribution in [-0.2, 0) is 24.9 Å². The smallest absolute Gasteiger partial charge is 0.201 e. The monoisotopic (exact) mass is 464 g/mol. The number of fused-ring (bicyclic) bond motifs is 2. The number of pyridine rings is 2. The van der Waals surface area contributed by atoms with Gasteiger partial charge in [-0.05, 0) is 31.0 Å². The van der Waals surface area contributed by atoms with Crippen LogP contribution in [0.15, 0.2) is 34.8 Å². The zero-order valence-corrected chi connectivity index (χ0v) is 19.2. The maximum absolute atomic E-state index is 13.2. The summed E-state index contributed by atoms with van der Waals surface area (Å²) in [5.74, 6) is 0. The van der Waals surface area contributed by atoms with Gasteiger partial charge in [0.25, 0.3) is 0 Å². The van der Waals surface area contributed by atoms with Crippen LogP contribution in [0, 0.1) is 0 Å². The number of rotatable bonds is 4. The largest absolute Gasteiger partial charge is 0.396 e. The Labute approximate surface area is 189 Å². The van der Waals surface area contributed by atoms with Crippen molar-refractivity contribution in [3.05, 3.63) is 30.6 Å². The first kappa shape index (κ1) is 19.5. The van der Waals surface area contributed by atoms with E-state index in [-0.39, 0.29) is 5.25 Å². The van der Waals surface area contributed by atoms with E-state index in [1.807, 2.05) is 29.9 Å². The predicted molar refractivity (Wildman–Crippen MR) is 126 cm³/mol. The van der Waals surface area contributed by atoms with Crippen molar-refractivity contribution in [1.82, 2.24) is 34.7 Å². The average molecular weight is 465 g/mol.